The minimum Gasteiger partial charge on any atom is -0.495 e. The normalized spacial score (nSPS) is 10.4. The maximum absolute atomic E-state index is 12.7. The zero-order valence-corrected chi connectivity index (χ0v) is 19.9. The van der Waals surface area contributed by atoms with Crippen LogP contribution in [0.2, 0.25) is 0 Å². The van der Waals surface area contributed by atoms with Gasteiger partial charge in [0.05, 0.1) is 32.4 Å². The predicted molar refractivity (Wildman–Crippen MR) is 133 cm³/mol. The summed E-state index contributed by atoms with van der Waals surface area (Å²) in [4.78, 5) is 25.4. The zero-order chi connectivity index (χ0) is 24.5. The zero-order valence-electron chi connectivity index (χ0n) is 19.9. The number of carbonyl (C=O) groups is 2. The summed E-state index contributed by atoms with van der Waals surface area (Å²) in [5, 5.41) is 5.74. The van der Waals surface area contributed by atoms with Gasteiger partial charge in [-0.05, 0) is 68.8 Å². The lowest BCUT2D eigenvalue weighted by Crippen LogP contribution is -2.16. The molecule has 178 valence electrons. The molecule has 0 atom stereocenters. The minimum atomic E-state index is -0.261. The van der Waals surface area contributed by atoms with Gasteiger partial charge in [0.15, 0.2) is 11.5 Å². The molecule has 0 heterocycles. The fourth-order valence-corrected chi connectivity index (χ4v) is 3.46. The van der Waals surface area contributed by atoms with Crippen molar-refractivity contribution < 1.29 is 23.8 Å². The van der Waals surface area contributed by atoms with Crippen LogP contribution < -0.4 is 24.8 Å². The molecule has 2 N–H and O–H groups in total. The first-order valence-electron chi connectivity index (χ1n) is 11.2. The molecule has 0 spiro atoms. The Morgan fingerprint density at radius 1 is 0.824 bits per heavy atom. The van der Waals surface area contributed by atoms with E-state index in [0.717, 1.165) is 11.1 Å². The first-order chi connectivity index (χ1) is 16.4. The molecule has 0 saturated carbocycles. The van der Waals surface area contributed by atoms with Crippen molar-refractivity contribution in [2.75, 3.05) is 31.0 Å². The van der Waals surface area contributed by atoms with E-state index in [9.17, 15) is 9.59 Å². The van der Waals surface area contributed by atoms with Crippen molar-refractivity contribution in [2.24, 2.45) is 0 Å². The fraction of sp³-hybridized carbons (Fsp3) is 0.259. The largest absolute Gasteiger partial charge is 0.495 e. The Balaban J connectivity index is 1.72. The predicted octanol–water partition coefficient (Wildman–Crippen LogP) is 5.23. The first kappa shape index (κ1) is 24.6. The molecule has 0 saturated heterocycles. The van der Waals surface area contributed by atoms with Crippen LogP contribution >= 0.6 is 0 Å². The lowest BCUT2D eigenvalue weighted by atomic mass is 10.1. The van der Waals surface area contributed by atoms with Crippen LogP contribution in [0.4, 0.5) is 11.4 Å². The average molecular weight is 463 g/mol. The molecule has 3 aromatic carbocycles. The molecular weight excluding hydrogens is 432 g/mol. The summed E-state index contributed by atoms with van der Waals surface area (Å²) in [6, 6.07) is 17.9. The smallest absolute Gasteiger partial charge is 0.255 e. The summed E-state index contributed by atoms with van der Waals surface area (Å²) in [6.45, 7) is 6.76. The Bertz CT molecular complexity index is 1160. The van der Waals surface area contributed by atoms with Gasteiger partial charge < -0.3 is 24.8 Å². The molecule has 0 bridgehead atoms. The van der Waals surface area contributed by atoms with Gasteiger partial charge in [0, 0.05) is 11.3 Å². The third-order valence-electron chi connectivity index (χ3n) is 4.98. The second kappa shape index (κ2) is 11.7. The maximum Gasteiger partial charge on any atom is 0.255 e. The highest BCUT2D eigenvalue weighted by atomic mass is 16.5. The number of amides is 2. The lowest BCUT2D eigenvalue weighted by molar-refractivity contribution is -0.115. The van der Waals surface area contributed by atoms with Crippen LogP contribution in [-0.2, 0) is 11.2 Å². The van der Waals surface area contributed by atoms with Gasteiger partial charge in [0.1, 0.15) is 5.75 Å². The monoisotopic (exact) mass is 462 g/mol. The highest BCUT2D eigenvalue weighted by Crippen LogP contribution is 2.30. The third kappa shape index (κ3) is 6.51. The number of nitrogens with one attached hydrogen (secondary N) is 2. The summed E-state index contributed by atoms with van der Waals surface area (Å²) in [5.41, 5.74) is 3.33. The van der Waals surface area contributed by atoms with Crippen LogP contribution in [0.5, 0.6) is 17.2 Å². The molecule has 2 amide bonds. The van der Waals surface area contributed by atoms with Gasteiger partial charge in [-0.1, -0.05) is 23.8 Å². The van der Waals surface area contributed by atoms with Crippen LogP contribution in [0.1, 0.15) is 35.3 Å². The van der Waals surface area contributed by atoms with Crippen molar-refractivity contribution in [1.82, 2.24) is 0 Å². The average Bonchev–Trinajstić information content (AvgIpc) is 2.81. The fourth-order valence-electron chi connectivity index (χ4n) is 3.46. The lowest BCUT2D eigenvalue weighted by Gasteiger charge is -2.14. The first-order valence-corrected chi connectivity index (χ1v) is 11.2. The van der Waals surface area contributed by atoms with Gasteiger partial charge in [-0.2, -0.15) is 0 Å². The highest BCUT2D eigenvalue weighted by molar-refractivity contribution is 6.05. The van der Waals surface area contributed by atoms with Gasteiger partial charge >= 0.3 is 0 Å². The Morgan fingerprint density at radius 3 is 2.26 bits per heavy atom. The number of hydrogen-bond donors (Lipinski definition) is 2. The van der Waals surface area contributed by atoms with Gasteiger partial charge in [0.2, 0.25) is 5.91 Å². The van der Waals surface area contributed by atoms with Gasteiger partial charge in [-0.25, -0.2) is 0 Å². The van der Waals surface area contributed by atoms with Crippen molar-refractivity contribution in [3.05, 3.63) is 77.4 Å². The molecule has 34 heavy (non-hydrogen) atoms. The van der Waals surface area contributed by atoms with Crippen LogP contribution in [0, 0.1) is 6.92 Å². The van der Waals surface area contributed by atoms with E-state index in [-0.39, 0.29) is 18.2 Å². The summed E-state index contributed by atoms with van der Waals surface area (Å²) in [7, 11) is 1.53. The third-order valence-corrected chi connectivity index (χ3v) is 4.98. The minimum absolute atomic E-state index is 0.156. The Labute approximate surface area is 200 Å². The van der Waals surface area contributed by atoms with Crippen molar-refractivity contribution in [1.29, 1.82) is 0 Å². The Kier molecular flexibility index (Phi) is 8.51. The molecule has 3 rings (SSSR count). The van der Waals surface area contributed by atoms with Crippen molar-refractivity contribution in [2.45, 2.75) is 27.2 Å². The summed E-state index contributed by atoms with van der Waals surface area (Å²) in [6.07, 6.45) is 0.156. The van der Waals surface area contributed by atoms with E-state index < -0.39 is 0 Å². The molecule has 0 aliphatic heterocycles. The second-order valence-corrected chi connectivity index (χ2v) is 7.61. The maximum atomic E-state index is 12.7. The number of benzene rings is 3. The Morgan fingerprint density at radius 2 is 1.56 bits per heavy atom. The standard InChI is InChI=1S/C27H30N2O5/c1-5-33-24-12-10-19(15-25(24)34-6-2)16-26(30)28-21-11-13-23(32-4)22(17-21)29-27(31)20-9-7-8-18(3)14-20/h7-15,17H,5-6,16H2,1-4H3,(H,28,30)(H,29,31). The number of rotatable bonds is 10. The van der Waals surface area contributed by atoms with E-state index in [4.69, 9.17) is 14.2 Å². The summed E-state index contributed by atoms with van der Waals surface area (Å²) in [5.74, 6) is 1.29. The van der Waals surface area contributed by atoms with E-state index >= 15 is 0 Å². The van der Waals surface area contributed by atoms with Crippen LogP contribution in [-0.4, -0.2) is 32.1 Å². The van der Waals surface area contributed by atoms with E-state index in [0.29, 0.717) is 47.4 Å². The van der Waals surface area contributed by atoms with Crippen LogP contribution in [0.25, 0.3) is 0 Å². The van der Waals surface area contributed by atoms with Crippen molar-refractivity contribution in [3.8, 4) is 17.2 Å². The summed E-state index contributed by atoms with van der Waals surface area (Å²) < 4.78 is 16.6. The molecule has 0 aromatic heterocycles. The molecular formula is C27H30N2O5. The number of hydrogen-bond acceptors (Lipinski definition) is 5. The number of methoxy groups -OCH3 is 1. The topological polar surface area (TPSA) is 85.9 Å². The number of ether oxygens (including phenoxy) is 3. The SMILES string of the molecule is CCOc1ccc(CC(=O)Nc2ccc(OC)c(NC(=O)c3cccc(C)c3)c2)cc1OCC. The van der Waals surface area contributed by atoms with E-state index in [1.54, 1.807) is 30.3 Å². The van der Waals surface area contributed by atoms with Crippen LogP contribution in [0.3, 0.4) is 0 Å². The van der Waals surface area contributed by atoms with Gasteiger partial charge in [-0.3, -0.25) is 9.59 Å². The Hall–Kier alpha value is -4.00. The number of aryl methyl sites for hydroxylation is 1. The van der Waals surface area contributed by atoms with E-state index in [1.807, 2.05) is 51.1 Å². The molecule has 0 aliphatic carbocycles. The highest BCUT2D eigenvalue weighted by Gasteiger charge is 2.13. The molecule has 0 radical (unpaired) electrons. The molecule has 0 fully saturated rings. The molecule has 3 aromatic rings. The van der Waals surface area contributed by atoms with E-state index in [1.165, 1.54) is 7.11 Å². The molecule has 7 nitrogen and oxygen atoms in total. The van der Waals surface area contributed by atoms with Gasteiger partial charge in [0.25, 0.3) is 5.91 Å². The van der Waals surface area contributed by atoms with Crippen molar-refractivity contribution >= 4 is 23.2 Å². The van der Waals surface area contributed by atoms with Crippen LogP contribution in [0.15, 0.2) is 60.7 Å². The van der Waals surface area contributed by atoms with E-state index in [2.05, 4.69) is 10.6 Å². The van der Waals surface area contributed by atoms with Crippen molar-refractivity contribution in [3.63, 3.8) is 0 Å². The quantitative estimate of drug-likeness (QED) is 0.431. The van der Waals surface area contributed by atoms with Gasteiger partial charge in [-0.15, -0.1) is 0 Å². The number of anilines is 2. The molecule has 7 heteroatoms. The summed E-state index contributed by atoms with van der Waals surface area (Å²) >= 11 is 0. The number of carbonyl (C=O) groups excluding carboxylic acids is 2. The molecule has 0 aliphatic rings. The second-order valence-electron chi connectivity index (χ2n) is 7.61. The molecule has 0 unspecified atom stereocenters.